The molecule has 2 atom stereocenters. The lowest BCUT2D eigenvalue weighted by Gasteiger charge is -2.44. The number of carbonyl (C=O) groups is 1. The number of likely N-dealkylation sites (tertiary alicyclic amines) is 1. The van der Waals surface area contributed by atoms with E-state index in [2.05, 4.69) is 16.7 Å². The summed E-state index contributed by atoms with van der Waals surface area (Å²) >= 11 is 0. The van der Waals surface area contributed by atoms with Crippen LogP contribution in [0, 0.1) is 0 Å². The SMILES string of the molecule is CCN1CCC[C@](O)(CN2CCN(C(=O)[C@H]3CCCO3)CC2)C1. The topological polar surface area (TPSA) is 56.2 Å². The van der Waals surface area contributed by atoms with Gasteiger partial charge in [-0.3, -0.25) is 9.69 Å². The van der Waals surface area contributed by atoms with Crippen LogP contribution < -0.4 is 0 Å². The first-order valence-corrected chi connectivity index (χ1v) is 9.17. The number of piperazine rings is 1. The second-order valence-corrected chi connectivity index (χ2v) is 7.30. The molecule has 1 amide bonds. The first-order valence-electron chi connectivity index (χ1n) is 9.17. The van der Waals surface area contributed by atoms with Gasteiger partial charge in [0.25, 0.3) is 5.91 Å². The van der Waals surface area contributed by atoms with E-state index in [0.717, 1.165) is 84.6 Å². The number of piperidine rings is 1. The van der Waals surface area contributed by atoms with Crippen LogP contribution in [0.3, 0.4) is 0 Å². The molecular formula is C17H31N3O3. The van der Waals surface area contributed by atoms with Gasteiger partial charge in [-0.15, -0.1) is 0 Å². The van der Waals surface area contributed by atoms with Crippen LogP contribution in [0.5, 0.6) is 0 Å². The van der Waals surface area contributed by atoms with Gasteiger partial charge in [-0.25, -0.2) is 0 Å². The predicted molar refractivity (Wildman–Crippen MR) is 88.3 cm³/mol. The molecule has 1 N–H and O–H groups in total. The third-order valence-corrected chi connectivity index (χ3v) is 5.49. The van der Waals surface area contributed by atoms with Crippen molar-refractivity contribution in [2.75, 3.05) is 59.0 Å². The van der Waals surface area contributed by atoms with Gasteiger partial charge in [-0.05, 0) is 38.8 Å². The van der Waals surface area contributed by atoms with Crippen LogP contribution in [0.15, 0.2) is 0 Å². The highest BCUT2D eigenvalue weighted by molar-refractivity contribution is 5.81. The molecule has 6 heteroatoms. The van der Waals surface area contributed by atoms with E-state index in [9.17, 15) is 9.90 Å². The minimum atomic E-state index is -0.588. The lowest BCUT2D eigenvalue weighted by molar-refractivity contribution is -0.143. The fraction of sp³-hybridized carbons (Fsp3) is 0.941. The first kappa shape index (κ1) is 17.1. The van der Waals surface area contributed by atoms with E-state index in [1.54, 1.807) is 0 Å². The van der Waals surface area contributed by atoms with Crippen LogP contribution in [0.4, 0.5) is 0 Å². The maximum absolute atomic E-state index is 12.4. The van der Waals surface area contributed by atoms with Gasteiger partial charge in [-0.2, -0.15) is 0 Å². The summed E-state index contributed by atoms with van der Waals surface area (Å²) in [7, 11) is 0. The summed E-state index contributed by atoms with van der Waals surface area (Å²) in [5.74, 6) is 0.163. The predicted octanol–water partition coefficient (Wildman–Crippen LogP) is 0.156. The first-order chi connectivity index (χ1) is 11.1. The molecule has 0 bridgehead atoms. The van der Waals surface area contributed by atoms with Crippen molar-refractivity contribution in [3.63, 3.8) is 0 Å². The zero-order chi connectivity index (χ0) is 16.3. The zero-order valence-corrected chi connectivity index (χ0v) is 14.4. The van der Waals surface area contributed by atoms with Crippen LogP contribution in [0.25, 0.3) is 0 Å². The Labute approximate surface area is 139 Å². The number of hydrogen-bond donors (Lipinski definition) is 1. The highest BCUT2D eigenvalue weighted by atomic mass is 16.5. The van der Waals surface area contributed by atoms with Gasteiger partial charge in [0, 0.05) is 45.9 Å². The third kappa shape index (κ3) is 4.24. The van der Waals surface area contributed by atoms with Crippen LogP contribution in [-0.2, 0) is 9.53 Å². The normalized spacial score (nSPS) is 34.0. The molecule has 3 rings (SSSR count). The monoisotopic (exact) mass is 325 g/mol. The number of aliphatic hydroxyl groups is 1. The standard InChI is InChI=1S/C17H31N3O3/c1-2-18-7-4-6-17(22,13-18)14-19-8-10-20(11-9-19)16(21)15-5-3-12-23-15/h15,22H,2-14H2,1H3/t15-,17-/m1/s1. The minimum absolute atomic E-state index is 0.163. The molecule has 6 nitrogen and oxygen atoms in total. The Bertz CT molecular complexity index is 406. The number of β-amino-alcohol motifs (C(OH)–C–C–N with tert-alkyl or cyclic N) is 1. The van der Waals surface area contributed by atoms with Crippen molar-refractivity contribution in [3.8, 4) is 0 Å². The van der Waals surface area contributed by atoms with Crippen molar-refractivity contribution in [1.82, 2.24) is 14.7 Å². The molecule has 3 aliphatic rings. The van der Waals surface area contributed by atoms with Gasteiger partial charge in [-0.1, -0.05) is 6.92 Å². The molecule has 0 aromatic heterocycles. The average Bonchev–Trinajstić information content (AvgIpc) is 3.09. The summed E-state index contributed by atoms with van der Waals surface area (Å²) in [6.07, 6.45) is 3.62. The molecule has 3 saturated heterocycles. The van der Waals surface area contributed by atoms with Crippen molar-refractivity contribution >= 4 is 5.91 Å². The van der Waals surface area contributed by atoms with E-state index in [1.807, 2.05) is 4.90 Å². The third-order valence-electron chi connectivity index (χ3n) is 5.49. The Hall–Kier alpha value is -0.690. The van der Waals surface area contributed by atoms with Crippen LogP contribution in [-0.4, -0.2) is 96.4 Å². The molecule has 3 heterocycles. The van der Waals surface area contributed by atoms with Gasteiger partial charge in [0.2, 0.25) is 0 Å². The average molecular weight is 325 g/mol. The highest BCUT2D eigenvalue weighted by Gasteiger charge is 2.36. The van der Waals surface area contributed by atoms with Crippen molar-refractivity contribution in [2.45, 2.75) is 44.3 Å². The molecule has 0 aliphatic carbocycles. The molecule has 3 aliphatic heterocycles. The largest absolute Gasteiger partial charge is 0.387 e. The fourth-order valence-electron chi connectivity index (χ4n) is 4.12. The van der Waals surface area contributed by atoms with Crippen LogP contribution >= 0.6 is 0 Å². The summed E-state index contributed by atoms with van der Waals surface area (Å²) < 4.78 is 5.51. The van der Waals surface area contributed by atoms with Gasteiger partial charge in [0.05, 0.1) is 5.60 Å². The molecule has 23 heavy (non-hydrogen) atoms. The molecular weight excluding hydrogens is 294 g/mol. The summed E-state index contributed by atoms with van der Waals surface area (Å²) in [4.78, 5) is 19.0. The smallest absolute Gasteiger partial charge is 0.251 e. The lowest BCUT2D eigenvalue weighted by Crippen LogP contribution is -2.58. The van der Waals surface area contributed by atoms with E-state index in [4.69, 9.17) is 4.74 Å². The number of likely N-dealkylation sites (N-methyl/N-ethyl adjacent to an activating group) is 1. The minimum Gasteiger partial charge on any atom is -0.387 e. The summed E-state index contributed by atoms with van der Waals surface area (Å²) in [6.45, 7) is 9.70. The van der Waals surface area contributed by atoms with Gasteiger partial charge in [0.1, 0.15) is 6.10 Å². The number of rotatable bonds is 4. The quantitative estimate of drug-likeness (QED) is 0.798. The molecule has 0 aromatic carbocycles. The zero-order valence-electron chi connectivity index (χ0n) is 14.4. The Kier molecular flexibility index (Phi) is 5.57. The number of carbonyl (C=O) groups excluding carboxylic acids is 1. The molecule has 0 radical (unpaired) electrons. The molecule has 0 spiro atoms. The Morgan fingerprint density at radius 1 is 1.17 bits per heavy atom. The van der Waals surface area contributed by atoms with Crippen LogP contribution in [0.1, 0.15) is 32.6 Å². The van der Waals surface area contributed by atoms with Crippen molar-refractivity contribution in [2.24, 2.45) is 0 Å². The Morgan fingerprint density at radius 3 is 2.61 bits per heavy atom. The highest BCUT2D eigenvalue weighted by Crippen LogP contribution is 2.23. The van der Waals surface area contributed by atoms with E-state index >= 15 is 0 Å². The van der Waals surface area contributed by atoms with E-state index in [-0.39, 0.29) is 12.0 Å². The Morgan fingerprint density at radius 2 is 1.96 bits per heavy atom. The molecule has 0 unspecified atom stereocenters. The molecule has 0 aromatic rings. The Balaban J connectivity index is 1.46. The van der Waals surface area contributed by atoms with E-state index in [0.29, 0.717) is 0 Å². The van der Waals surface area contributed by atoms with Gasteiger partial charge in [0.15, 0.2) is 0 Å². The van der Waals surface area contributed by atoms with Crippen molar-refractivity contribution in [1.29, 1.82) is 0 Å². The molecule has 0 saturated carbocycles. The second kappa shape index (κ2) is 7.47. The van der Waals surface area contributed by atoms with Gasteiger partial charge >= 0.3 is 0 Å². The second-order valence-electron chi connectivity index (χ2n) is 7.30. The number of ether oxygens (including phenoxy) is 1. The number of amides is 1. The lowest BCUT2D eigenvalue weighted by atomic mass is 9.92. The summed E-state index contributed by atoms with van der Waals surface area (Å²) in [5.41, 5.74) is -0.588. The van der Waals surface area contributed by atoms with E-state index < -0.39 is 5.60 Å². The maximum Gasteiger partial charge on any atom is 0.251 e. The summed E-state index contributed by atoms with van der Waals surface area (Å²) in [6, 6.07) is 0. The van der Waals surface area contributed by atoms with Crippen molar-refractivity contribution in [3.05, 3.63) is 0 Å². The fourth-order valence-corrected chi connectivity index (χ4v) is 4.12. The van der Waals surface area contributed by atoms with Crippen LogP contribution in [0.2, 0.25) is 0 Å². The maximum atomic E-state index is 12.4. The van der Waals surface area contributed by atoms with E-state index in [1.165, 1.54) is 0 Å². The number of nitrogens with zero attached hydrogens (tertiary/aromatic N) is 3. The number of hydrogen-bond acceptors (Lipinski definition) is 5. The summed E-state index contributed by atoms with van der Waals surface area (Å²) in [5, 5.41) is 10.9. The van der Waals surface area contributed by atoms with Gasteiger partial charge < -0.3 is 19.6 Å². The molecule has 132 valence electrons. The van der Waals surface area contributed by atoms with Crippen molar-refractivity contribution < 1.29 is 14.6 Å². The molecule has 3 fully saturated rings.